The van der Waals surface area contributed by atoms with Gasteiger partial charge in [-0.05, 0) is 40.3 Å². The molecule has 8 heteroatoms. The number of hydrogen-bond donors (Lipinski definition) is 1. The van der Waals surface area contributed by atoms with E-state index in [2.05, 4.69) is 22.6 Å². The number of nitrogens with two attached hydrogens (primary N) is 1. The van der Waals surface area contributed by atoms with Crippen molar-refractivity contribution in [2.24, 2.45) is 11.7 Å². The summed E-state index contributed by atoms with van der Waals surface area (Å²) in [5, 5.41) is 1.56. The molecular formula is C16H15IN2O5. The first-order chi connectivity index (χ1) is 11.5. The van der Waals surface area contributed by atoms with Crippen molar-refractivity contribution in [3.05, 3.63) is 33.4 Å². The second-order valence-corrected chi connectivity index (χ2v) is 7.97. The molecule has 126 valence electrons. The van der Waals surface area contributed by atoms with E-state index in [0.29, 0.717) is 13.0 Å². The minimum Gasteiger partial charge on any atom is -0.461 e. The smallest absolute Gasteiger partial charge is 0.326 e. The number of fused-ring (bicyclic) bond motifs is 2. The van der Waals surface area contributed by atoms with Crippen LogP contribution in [0.5, 0.6) is 0 Å². The van der Waals surface area contributed by atoms with Gasteiger partial charge in [-0.1, -0.05) is 12.1 Å². The summed E-state index contributed by atoms with van der Waals surface area (Å²) in [6, 6.07) is 7.29. The van der Waals surface area contributed by atoms with Gasteiger partial charge in [0.2, 0.25) is 5.60 Å². The van der Waals surface area contributed by atoms with Gasteiger partial charge >= 0.3 is 5.97 Å². The Hall–Kier alpha value is -1.23. The molecule has 4 fully saturated rings. The number of carbonyl (C=O) groups excluding carboxylic acids is 2. The molecule has 1 aliphatic carbocycles. The Morgan fingerprint density at radius 3 is 2.79 bits per heavy atom. The van der Waals surface area contributed by atoms with Crippen molar-refractivity contribution in [1.29, 1.82) is 0 Å². The summed E-state index contributed by atoms with van der Waals surface area (Å²) < 4.78 is 12.2. The number of nitrogens with zero attached hydrogens (tertiary/aromatic N) is 1. The first kappa shape index (κ1) is 15.1. The van der Waals surface area contributed by atoms with E-state index in [4.69, 9.17) is 20.0 Å². The number of ether oxygens (including phenoxy) is 2. The largest absolute Gasteiger partial charge is 0.461 e. The van der Waals surface area contributed by atoms with E-state index < -0.39 is 23.5 Å². The minimum absolute atomic E-state index is 0.122. The van der Waals surface area contributed by atoms with Gasteiger partial charge in [-0.2, -0.15) is 5.06 Å². The van der Waals surface area contributed by atoms with E-state index >= 15 is 0 Å². The third-order valence-corrected chi connectivity index (χ3v) is 6.15. The molecule has 7 nitrogen and oxygen atoms in total. The Morgan fingerprint density at radius 1 is 1.33 bits per heavy atom. The molecular weight excluding hydrogens is 427 g/mol. The number of benzene rings is 1. The molecule has 1 amide bonds. The molecule has 24 heavy (non-hydrogen) atoms. The summed E-state index contributed by atoms with van der Waals surface area (Å²) in [6.07, 6.45) is -0.271. The number of primary amides is 1. The number of hydrogen-bond acceptors (Lipinski definition) is 6. The molecule has 1 aromatic carbocycles. The van der Waals surface area contributed by atoms with E-state index in [1.807, 2.05) is 24.3 Å². The van der Waals surface area contributed by atoms with Crippen LogP contribution in [0.25, 0.3) is 0 Å². The highest BCUT2D eigenvalue weighted by Gasteiger charge is 2.78. The zero-order chi connectivity index (χ0) is 16.6. The Bertz CT molecular complexity index is 740. The van der Waals surface area contributed by atoms with E-state index in [1.54, 1.807) is 5.06 Å². The highest BCUT2D eigenvalue weighted by atomic mass is 127. The second-order valence-electron chi connectivity index (χ2n) is 6.73. The van der Waals surface area contributed by atoms with Crippen LogP contribution in [-0.2, 0) is 30.4 Å². The fourth-order valence-corrected chi connectivity index (χ4v) is 4.74. The lowest BCUT2D eigenvalue weighted by molar-refractivity contribution is -0.229. The lowest BCUT2D eigenvalue weighted by Gasteiger charge is -2.33. The highest BCUT2D eigenvalue weighted by molar-refractivity contribution is 14.1. The van der Waals surface area contributed by atoms with Crippen LogP contribution in [0, 0.1) is 9.49 Å². The maximum atomic E-state index is 12.4. The van der Waals surface area contributed by atoms with Crippen LogP contribution in [-0.4, -0.2) is 46.9 Å². The van der Waals surface area contributed by atoms with Crippen LogP contribution in [0.1, 0.15) is 12.0 Å². The van der Waals surface area contributed by atoms with E-state index in [1.165, 1.54) is 0 Å². The summed E-state index contributed by atoms with van der Waals surface area (Å²) >= 11 is 2.23. The Balaban J connectivity index is 1.52. The lowest BCUT2D eigenvalue weighted by atomic mass is 9.71. The zero-order valence-corrected chi connectivity index (χ0v) is 14.7. The van der Waals surface area contributed by atoms with Gasteiger partial charge < -0.3 is 15.2 Å². The molecule has 3 aliphatic heterocycles. The van der Waals surface area contributed by atoms with Gasteiger partial charge in [0, 0.05) is 9.99 Å². The monoisotopic (exact) mass is 442 g/mol. The minimum atomic E-state index is -1.30. The van der Waals surface area contributed by atoms with E-state index in [-0.39, 0.29) is 24.3 Å². The quantitative estimate of drug-likeness (QED) is 0.413. The van der Waals surface area contributed by atoms with Crippen molar-refractivity contribution in [2.45, 2.75) is 42.9 Å². The second kappa shape index (κ2) is 4.90. The lowest BCUT2D eigenvalue weighted by Crippen LogP contribution is -2.59. The van der Waals surface area contributed by atoms with Crippen LogP contribution >= 0.6 is 22.6 Å². The molecule has 1 saturated carbocycles. The average Bonchev–Trinajstić information content (AvgIpc) is 3.12. The molecule has 0 radical (unpaired) electrons. The van der Waals surface area contributed by atoms with Gasteiger partial charge in [-0.15, -0.1) is 0 Å². The molecule has 3 saturated heterocycles. The van der Waals surface area contributed by atoms with Crippen LogP contribution in [0.3, 0.4) is 0 Å². The molecule has 0 bridgehead atoms. The Morgan fingerprint density at radius 2 is 2.08 bits per heavy atom. The molecule has 5 rings (SSSR count). The summed E-state index contributed by atoms with van der Waals surface area (Å²) in [6.45, 7) is 0.381. The van der Waals surface area contributed by atoms with Gasteiger partial charge in [-0.3, -0.25) is 14.4 Å². The predicted octanol–water partition coefficient (Wildman–Crippen LogP) is 0.344. The third-order valence-electron chi connectivity index (χ3n) is 5.43. The van der Waals surface area contributed by atoms with Crippen LogP contribution in [0.15, 0.2) is 24.3 Å². The number of halogens is 1. The molecule has 0 spiro atoms. The topological polar surface area (TPSA) is 94.4 Å². The molecule has 1 aromatic rings. The number of hydroxylamine groups is 2. The Kier molecular flexibility index (Phi) is 3.08. The summed E-state index contributed by atoms with van der Waals surface area (Å²) in [4.78, 5) is 30.7. The van der Waals surface area contributed by atoms with Gasteiger partial charge in [0.1, 0.15) is 18.2 Å². The van der Waals surface area contributed by atoms with Crippen LogP contribution in [0.2, 0.25) is 0 Å². The molecule has 0 aromatic heterocycles. The summed E-state index contributed by atoms with van der Waals surface area (Å²) in [5.74, 6) is -1.34. The SMILES string of the molecule is NC(=O)[C@]12ON(Cc3ccc(I)cc3)[C@@H]3C(=O)O[C@H](C[C@H]4O[C@H]41)[C@@H]32. The van der Waals surface area contributed by atoms with Crippen LogP contribution in [0.4, 0.5) is 0 Å². The Labute approximate surface area is 151 Å². The maximum absolute atomic E-state index is 12.4. The fourth-order valence-electron chi connectivity index (χ4n) is 4.38. The third kappa shape index (κ3) is 1.88. The standard InChI is InChI=1S/C16H15IN2O5/c17-8-3-1-7(2-4-8)6-19-12-11-9(23-14(12)20)5-10-13(22-10)16(11,24-19)15(18)21/h1-4,9-13H,5-6H2,(H2,18,21)/t9-,10-,11+,12+,13-,16-/m1/s1. The predicted molar refractivity (Wildman–Crippen MR) is 88.1 cm³/mol. The summed E-state index contributed by atoms with van der Waals surface area (Å²) in [7, 11) is 0. The number of esters is 1. The van der Waals surface area contributed by atoms with Crippen molar-refractivity contribution in [3.63, 3.8) is 0 Å². The van der Waals surface area contributed by atoms with Crippen molar-refractivity contribution in [3.8, 4) is 0 Å². The van der Waals surface area contributed by atoms with Gasteiger partial charge in [-0.25, -0.2) is 0 Å². The van der Waals surface area contributed by atoms with Gasteiger partial charge in [0.05, 0.1) is 18.6 Å². The fraction of sp³-hybridized carbons (Fsp3) is 0.500. The maximum Gasteiger partial charge on any atom is 0.326 e. The van der Waals surface area contributed by atoms with E-state index in [9.17, 15) is 9.59 Å². The molecule has 2 N–H and O–H groups in total. The van der Waals surface area contributed by atoms with Crippen LogP contribution < -0.4 is 5.73 Å². The van der Waals surface area contributed by atoms with Crippen molar-refractivity contribution in [1.82, 2.24) is 5.06 Å². The normalized spacial score (nSPS) is 42.4. The molecule has 6 atom stereocenters. The first-order valence-corrected chi connectivity index (χ1v) is 8.94. The van der Waals surface area contributed by atoms with Crippen molar-refractivity contribution in [2.75, 3.05) is 0 Å². The number of epoxide rings is 1. The van der Waals surface area contributed by atoms with Crippen molar-refractivity contribution >= 4 is 34.5 Å². The number of amides is 1. The first-order valence-electron chi connectivity index (χ1n) is 7.87. The van der Waals surface area contributed by atoms with Gasteiger partial charge in [0.15, 0.2) is 0 Å². The molecule has 3 heterocycles. The van der Waals surface area contributed by atoms with E-state index in [0.717, 1.165) is 9.13 Å². The zero-order valence-electron chi connectivity index (χ0n) is 12.6. The molecule has 0 unspecified atom stereocenters. The number of carbonyl (C=O) groups is 2. The highest BCUT2D eigenvalue weighted by Crippen LogP contribution is 2.57. The summed E-state index contributed by atoms with van der Waals surface area (Å²) in [5.41, 5.74) is 5.38. The van der Waals surface area contributed by atoms with Gasteiger partial charge in [0.25, 0.3) is 5.91 Å². The average molecular weight is 442 g/mol. The number of rotatable bonds is 3. The molecule has 4 aliphatic rings. The van der Waals surface area contributed by atoms with Crippen molar-refractivity contribution < 1.29 is 23.9 Å².